The molecule has 1 aliphatic heterocycles. The molecule has 2 N–H and O–H groups in total. The van der Waals surface area contributed by atoms with Crippen molar-refractivity contribution >= 4 is 68.1 Å². The van der Waals surface area contributed by atoms with Gasteiger partial charge < -0.3 is 10.4 Å². The average Bonchev–Trinajstić information content (AvgIpc) is 2.81. The molecule has 1 saturated heterocycles. The third-order valence-electron chi connectivity index (χ3n) is 3.26. The van der Waals surface area contributed by atoms with E-state index in [-0.39, 0.29) is 37.7 Å². The molecule has 1 fully saturated rings. The Bertz CT molecular complexity index is 734. The summed E-state index contributed by atoms with van der Waals surface area (Å²) in [6.07, 6.45) is 1.69. The third kappa shape index (κ3) is 5.94. The Labute approximate surface area is 162 Å². The highest BCUT2D eigenvalue weighted by atomic mass is 79.9. The Hall–Kier alpha value is -1.71. The monoisotopic (exact) mass is 442 g/mol. The number of nitrogens with one attached hydrogen (secondary N) is 1. The Balaban J connectivity index is 1.91. The van der Waals surface area contributed by atoms with Crippen molar-refractivity contribution in [2.75, 3.05) is 13.1 Å². The van der Waals surface area contributed by atoms with Crippen molar-refractivity contribution in [2.24, 2.45) is 0 Å². The van der Waals surface area contributed by atoms with Crippen LogP contribution in [0.15, 0.2) is 33.6 Å². The van der Waals surface area contributed by atoms with Crippen LogP contribution in [0.2, 0.25) is 0 Å². The molecule has 1 aromatic carbocycles. The van der Waals surface area contributed by atoms with Gasteiger partial charge in [-0.15, -0.1) is 0 Å². The second-order valence-corrected chi connectivity index (χ2v) is 7.72. The fraction of sp³-hybridized carbons (Fsp3) is 0.250. The van der Waals surface area contributed by atoms with Gasteiger partial charge in [0.05, 0.1) is 11.3 Å². The van der Waals surface area contributed by atoms with Gasteiger partial charge in [0.25, 0.3) is 5.91 Å². The summed E-state index contributed by atoms with van der Waals surface area (Å²) in [6.45, 7) is 0.233. The minimum absolute atomic E-state index is 0.0655. The highest BCUT2D eigenvalue weighted by Gasteiger charge is 2.32. The summed E-state index contributed by atoms with van der Waals surface area (Å²) in [5.74, 6) is -1.52. The second kappa shape index (κ2) is 9.12. The van der Waals surface area contributed by atoms with E-state index in [2.05, 4.69) is 21.2 Å². The van der Waals surface area contributed by atoms with Crippen LogP contribution < -0.4 is 5.32 Å². The zero-order chi connectivity index (χ0) is 18.4. The first-order valence-electron chi connectivity index (χ1n) is 7.36. The maximum atomic E-state index is 12.4. The number of carboxylic acid groups (broad SMARTS) is 1. The van der Waals surface area contributed by atoms with Gasteiger partial charge in [0.15, 0.2) is 0 Å². The van der Waals surface area contributed by atoms with E-state index in [1.165, 1.54) is 16.7 Å². The van der Waals surface area contributed by atoms with Crippen molar-refractivity contribution in [1.82, 2.24) is 10.2 Å². The average molecular weight is 443 g/mol. The van der Waals surface area contributed by atoms with Crippen molar-refractivity contribution in [3.8, 4) is 0 Å². The van der Waals surface area contributed by atoms with Crippen LogP contribution in [0.25, 0.3) is 6.08 Å². The molecule has 132 valence electrons. The summed E-state index contributed by atoms with van der Waals surface area (Å²) in [5.41, 5.74) is 0.884. The van der Waals surface area contributed by atoms with Crippen molar-refractivity contribution in [1.29, 1.82) is 0 Å². The Kier molecular flexibility index (Phi) is 7.15. The number of halogens is 1. The number of thiocarbonyl (C=S) groups is 1. The van der Waals surface area contributed by atoms with Gasteiger partial charge in [-0.2, -0.15) is 0 Å². The smallest absolute Gasteiger partial charge is 0.305 e. The number of hydrogen-bond donors (Lipinski definition) is 2. The maximum Gasteiger partial charge on any atom is 0.305 e. The first-order valence-corrected chi connectivity index (χ1v) is 9.38. The number of thioether (sulfide) groups is 1. The van der Waals surface area contributed by atoms with Crippen LogP contribution in [0.3, 0.4) is 0 Å². The van der Waals surface area contributed by atoms with Crippen LogP contribution in [-0.2, 0) is 14.4 Å². The summed E-state index contributed by atoms with van der Waals surface area (Å²) in [6, 6.07) is 7.53. The van der Waals surface area contributed by atoms with Crippen LogP contribution in [-0.4, -0.2) is 45.2 Å². The highest BCUT2D eigenvalue weighted by molar-refractivity contribution is 9.10. The summed E-state index contributed by atoms with van der Waals surface area (Å²) in [4.78, 5) is 36.4. The maximum absolute atomic E-state index is 12.4. The number of carbonyl (C=O) groups excluding carboxylic acids is 2. The molecule has 0 aliphatic carbocycles. The SMILES string of the molecule is O=C(O)CCNC(=O)CCN1C(=O)/C(=C/c2ccc(Br)cc2)SC1=S. The molecule has 25 heavy (non-hydrogen) atoms. The summed E-state index contributed by atoms with van der Waals surface area (Å²) >= 11 is 9.77. The fourth-order valence-electron chi connectivity index (χ4n) is 2.01. The van der Waals surface area contributed by atoms with E-state index >= 15 is 0 Å². The predicted molar refractivity (Wildman–Crippen MR) is 104 cm³/mol. The second-order valence-electron chi connectivity index (χ2n) is 5.13. The standard InChI is InChI=1S/C16H15BrN2O4S2/c17-11-3-1-10(2-4-11)9-12-15(23)19(16(24)25-12)8-6-13(20)18-7-5-14(21)22/h1-4,9H,5-8H2,(H,18,20)(H,21,22)/b12-9-. The topological polar surface area (TPSA) is 86.7 Å². The van der Waals surface area contributed by atoms with Gasteiger partial charge >= 0.3 is 5.97 Å². The molecule has 0 unspecified atom stereocenters. The van der Waals surface area contributed by atoms with E-state index in [4.69, 9.17) is 17.3 Å². The van der Waals surface area contributed by atoms with Crippen LogP contribution in [0.1, 0.15) is 18.4 Å². The number of nitrogens with zero attached hydrogens (tertiary/aromatic N) is 1. The van der Waals surface area contributed by atoms with Gasteiger partial charge in [-0.25, -0.2) is 0 Å². The quantitative estimate of drug-likeness (QED) is 0.498. The molecule has 0 radical (unpaired) electrons. The van der Waals surface area contributed by atoms with Crippen molar-refractivity contribution in [3.05, 3.63) is 39.2 Å². The van der Waals surface area contributed by atoms with Gasteiger partial charge in [0.2, 0.25) is 5.91 Å². The molecule has 0 saturated carbocycles. The minimum Gasteiger partial charge on any atom is -0.481 e. The molecular formula is C16H15BrN2O4S2. The van der Waals surface area contributed by atoms with Crippen LogP contribution in [0, 0.1) is 0 Å². The Morgan fingerprint density at radius 1 is 1.28 bits per heavy atom. The molecule has 2 rings (SSSR count). The molecule has 0 aromatic heterocycles. The van der Waals surface area contributed by atoms with Crippen molar-refractivity contribution < 1.29 is 19.5 Å². The predicted octanol–water partition coefficient (Wildman–Crippen LogP) is 2.63. The van der Waals surface area contributed by atoms with E-state index in [0.717, 1.165) is 10.0 Å². The Morgan fingerprint density at radius 3 is 2.60 bits per heavy atom. The van der Waals surface area contributed by atoms with Gasteiger partial charge in [0, 0.05) is 24.0 Å². The first kappa shape index (κ1) is 19.6. The lowest BCUT2D eigenvalue weighted by Crippen LogP contribution is -2.34. The molecule has 0 atom stereocenters. The fourth-order valence-corrected chi connectivity index (χ4v) is 3.59. The van der Waals surface area contributed by atoms with E-state index < -0.39 is 5.97 Å². The number of amides is 2. The molecule has 1 aliphatic rings. The number of hydrogen-bond acceptors (Lipinski definition) is 5. The number of aliphatic carboxylic acids is 1. The molecule has 6 nitrogen and oxygen atoms in total. The Morgan fingerprint density at radius 2 is 1.96 bits per heavy atom. The van der Waals surface area contributed by atoms with E-state index in [0.29, 0.717) is 9.23 Å². The summed E-state index contributed by atoms with van der Waals surface area (Å²) in [5, 5.41) is 11.0. The lowest BCUT2D eigenvalue weighted by molar-refractivity contribution is -0.136. The van der Waals surface area contributed by atoms with Gasteiger partial charge in [0.1, 0.15) is 4.32 Å². The number of carbonyl (C=O) groups is 3. The molecule has 0 spiro atoms. The molecule has 0 bridgehead atoms. The zero-order valence-corrected chi connectivity index (χ0v) is 16.2. The highest BCUT2D eigenvalue weighted by Crippen LogP contribution is 2.32. The first-order chi connectivity index (χ1) is 11.9. The molecular weight excluding hydrogens is 428 g/mol. The van der Waals surface area contributed by atoms with Gasteiger partial charge in [-0.1, -0.05) is 52.0 Å². The van der Waals surface area contributed by atoms with E-state index in [9.17, 15) is 14.4 Å². The summed E-state index contributed by atoms with van der Waals surface area (Å²) < 4.78 is 1.36. The van der Waals surface area contributed by atoms with Gasteiger partial charge in [-0.05, 0) is 23.8 Å². The number of carboxylic acids is 1. The van der Waals surface area contributed by atoms with Crippen molar-refractivity contribution in [2.45, 2.75) is 12.8 Å². The third-order valence-corrected chi connectivity index (χ3v) is 5.17. The lowest BCUT2D eigenvalue weighted by Gasteiger charge is -2.13. The number of benzene rings is 1. The molecule has 9 heteroatoms. The van der Waals surface area contributed by atoms with Crippen molar-refractivity contribution in [3.63, 3.8) is 0 Å². The zero-order valence-electron chi connectivity index (χ0n) is 13.0. The summed E-state index contributed by atoms with van der Waals surface area (Å²) in [7, 11) is 0. The van der Waals surface area contributed by atoms with Gasteiger partial charge in [-0.3, -0.25) is 19.3 Å². The van der Waals surface area contributed by atoms with E-state index in [1.807, 2.05) is 24.3 Å². The lowest BCUT2D eigenvalue weighted by atomic mass is 10.2. The van der Waals surface area contributed by atoms with Crippen LogP contribution in [0.5, 0.6) is 0 Å². The number of rotatable bonds is 7. The largest absolute Gasteiger partial charge is 0.481 e. The normalized spacial score (nSPS) is 15.7. The molecule has 1 aromatic rings. The molecule has 2 amide bonds. The van der Waals surface area contributed by atoms with Crippen LogP contribution >= 0.6 is 39.9 Å². The molecule has 1 heterocycles. The van der Waals surface area contributed by atoms with E-state index in [1.54, 1.807) is 6.08 Å². The van der Waals surface area contributed by atoms with Crippen LogP contribution in [0.4, 0.5) is 0 Å². The minimum atomic E-state index is -0.977.